The molecule has 5 heteroatoms. The maximum absolute atomic E-state index is 9.08. The Bertz CT molecular complexity index is 165. The molecular weight excluding hydrogens is 154 g/mol. The molecule has 0 saturated carbocycles. The Morgan fingerprint density at radius 2 is 2.50 bits per heavy atom. The van der Waals surface area contributed by atoms with Crippen molar-refractivity contribution in [1.29, 1.82) is 0 Å². The number of aliphatic hydroxyl groups excluding tert-OH is 1. The summed E-state index contributed by atoms with van der Waals surface area (Å²) in [7, 11) is 0. The molecule has 0 bridgehead atoms. The van der Waals surface area contributed by atoms with Gasteiger partial charge in [0.1, 0.15) is 12.4 Å². The first-order valence-corrected chi connectivity index (χ1v) is 2.88. The van der Waals surface area contributed by atoms with Crippen LogP contribution in [0.2, 0.25) is 0 Å². The Morgan fingerprint density at radius 3 is 2.90 bits per heavy atom. The topological polar surface area (TPSA) is 61.8 Å². The second-order valence-electron chi connectivity index (χ2n) is 1.79. The Labute approximate surface area is 65.1 Å². The van der Waals surface area contributed by atoms with E-state index in [9.17, 15) is 0 Å². The molecule has 4 nitrogen and oxygen atoms in total. The maximum atomic E-state index is 9.08. The molecule has 1 unspecified atom stereocenters. The summed E-state index contributed by atoms with van der Waals surface area (Å²) in [5.74, 6) is 0.539. The zero-order valence-corrected chi connectivity index (χ0v) is 6.43. The van der Waals surface area contributed by atoms with Gasteiger partial charge in [-0.05, 0) is 6.42 Å². The van der Waals surface area contributed by atoms with Gasteiger partial charge in [0.2, 0.25) is 0 Å². The number of nitrogens with one attached hydrogen (secondary N) is 1. The van der Waals surface area contributed by atoms with Gasteiger partial charge in [-0.25, -0.2) is 4.98 Å². The van der Waals surface area contributed by atoms with E-state index in [2.05, 4.69) is 15.2 Å². The van der Waals surface area contributed by atoms with E-state index in [4.69, 9.17) is 5.11 Å². The fourth-order valence-electron chi connectivity index (χ4n) is 0.569. The molecule has 1 rings (SSSR count). The minimum absolute atomic E-state index is 0. The lowest BCUT2D eigenvalue weighted by Crippen LogP contribution is -1.96. The minimum atomic E-state index is -0.493. The Balaban J connectivity index is 0.000000810. The fourth-order valence-corrected chi connectivity index (χ4v) is 0.569. The molecule has 1 atom stereocenters. The van der Waals surface area contributed by atoms with E-state index in [-0.39, 0.29) is 12.4 Å². The number of H-pyrrole nitrogens is 1. The molecule has 0 spiro atoms. The number of rotatable bonds is 2. The SMILES string of the molecule is CCC(O)c1ncn[nH]1.Cl. The van der Waals surface area contributed by atoms with Gasteiger partial charge in [-0.2, -0.15) is 5.10 Å². The van der Waals surface area contributed by atoms with Crippen LogP contribution in [0.25, 0.3) is 0 Å². The number of aromatic nitrogens is 3. The van der Waals surface area contributed by atoms with Crippen molar-refractivity contribution < 1.29 is 5.11 Å². The third-order valence-electron chi connectivity index (χ3n) is 1.14. The van der Waals surface area contributed by atoms with E-state index >= 15 is 0 Å². The third kappa shape index (κ3) is 1.97. The van der Waals surface area contributed by atoms with Gasteiger partial charge in [-0.3, -0.25) is 5.10 Å². The first kappa shape index (κ1) is 9.39. The van der Waals surface area contributed by atoms with Gasteiger partial charge >= 0.3 is 0 Å². The van der Waals surface area contributed by atoms with Gasteiger partial charge in [0.05, 0.1) is 0 Å². The zero-order valence-electron chi connectivity index (χ0n) is 5.61. The lowest BCUT2D eigenvalue weighted by atomic mass is 10.3. The predicted octanol–water partition coefficient (Wildman–Crippen LogP) is 0.670. The molecule has 0 fully saturated rings. The molecular formula is C5H10ClN3O. The molecule has 58 valence electrons. The molecule has 1 aromatic rings. The van der Waals surface area contributed by atoms with Crippen LogP contribution in [0.3, 0.4) is 0 Å². The Kier molecular flexibility index (Phi) is 3.99. The standard InChI is InChI=1S/C5H9N3O.ClH/c1-2-4(9)5-6-3-7-8-5;/h3-4,9H,2H2,1H3,(H,6,7,8);1H. The summed E-state index contributed by atoms with van der Waals surface area (Å²) in [6.07, 6.45) is 1.55. The molecule has 0 radical (unpaired) electrons. The van der Waals surface area contributed by atoms with Gasteiger partial charge in [0.15, 0.2) is 5.82 Å². The highest BCUT2D eigenvalue weighted by atomic mass is 35.5. The van der Waals surface area contributed by atoms with Gasteiger partial charge in [0, 0.05) is 0 Å². The molecule has 0 saturated heterocycles. The first-order valence-electron chi connectivity index (χ1n) is 2.88. The molecule has 10 heavy (non-hydrogen) atoms. The number of aromatic amines is 1. The van der Waals surface area contributed by atoms with Crippen molar-refractivity contribution in [1.82, 2.24) is 15.2 Å². The van der Waals surface area contributed by atoms with Crippen LogP contribution in [0.1, 0.15) is 25.3 Å². The van der Waals surface area contributed by atoms with Crippen LogP contribution >= 0.6 is 12.4 Å². The van der Waals surface area contributed by atoms with Gasteiger partial charge in [0.25, 0.3) is 0 Å². The van der Waals surface area contributed by atoms with E-state index in [0.717, 1.165) is 0 Å². The molecule has 1 heterocycles. The Hall–Kier alpha value is -0.610. The van der Waals surface area contributed by atoms with Crippen LogP contribution in [0, 0.1) is 0 Å². The summed E-state index contributed by atoms with van der Waals surface area (Å²) in [4.78, 5) is 3.77. The van der Waals surface area contributed by atoms with Crippen LogP contribution in [-0.2, 0) is 0 Å². The van der Waals surface area contributed by atoms with Gasteiger partial charge < -0.3 is 5.11 Å². The number of hydrogen-bond donors (Lipinski definition) is 2. The van der Waals surface area contributed by atoms with Crippen molar-refractivity contribution in [3.8, 4) is 0 Å². The molecule has 0 aliphatic carbocycles. The summed E-state index contributed by atoms with van der Waals surface area (Å²) in [6.45, 7) is 1.88. The monoisotopic (exact) mass is 163 g/mol. The summed E-state index contributed by atoms with van der Waals surface area (Å²) in [5, 5.41) is 15.3. The third-order valence-corrected chi connectivity index (χ3v) is 1.14. The van der Waals surface area contributed by atoms with Crippen LogP contribution < -0.4 is 0 Å². The van der Waals surface area contributed by atoms with Crippen LogP contribution in [0.5, 0.6) is 0 Å². The average molecular weight is 164 g/mol. The van der Waals surface area contributed by atoms with E-state index in [0.29, 0.717) is 12.2 Å². The summed E-state index contributed by atoms with van der Waals surface area (Å²) >= 11 is 0. The number of aliphatic hydroxyl groups is 1. The smallest absolute Gasteiger partial charge is 0.153 e. The van der Waals surface area contributed by atoms with Crippen LogP contribution in [-0.4, -0.2) is 20.3 Å². The number of halogens is 1. The normalized spacial score (nSPS) is 12.2. The van der Waals surface area contributed by atoms with Crippen molar-refractivity contribution >= 4 is 12.4 Å². The Morgan fingerprint density at radius 1 is 1.80 bits per heavy atom. The number of hydrogen-bond acceptors (Lipinski definition) is 3. The van der Waals surface area contributed by atoms with Gasteiger partial charge in [-0.15, -0.1) is 12.4 Å². The zero-order chi connectivity index (χ0) is 6.69. The minimum Gasteiger partial charge on any atom is -0.385 e. The van der Waals surface area contributed by atoms with E-state index < -0.39 is 6.10 Å². The van der Waals surface area contributed by atoms with Crippen LogP contribution in [0.4, 0.5) is 0 Å². The highest BCUT2D eigenvalue weighted by molar-refractivity contribution is 5.85. The molecule has 2 N–H and O–H groups in total. The highest BCUT2D eigenvalue weighted by Crippen LogP contribution is 2.07. The summed E-state index contributed by atoms with van der Waals surface area (Å²) in [6, 6.07) is 0. The van der Waals surface area contributed by atoms with E-state index in [1.807, 2.05) is 6.92 Å². The van der Waals surface area contributed by atoms with Crippen molar-refractivity contribution in [2.75, 3.05) is 0 Å². The van der Waals surface area contributed by atoms with Crippen molar-refractivity contribution in [3.63, 3.8) is 0 Å². The van der Waals surface area contributed by atoms with Crippen LogP contribution in [0.15, 0.2) is 6.33 Å². The lowest BCUT2D eigenvalue weighted by Gasteiger charge is -1.99. The first-order chi connectivity index (χ1) is 4.34. The number of nitrogens with zero attached hydrogens (tertiary/aromatic N) is 2. The summed E-state index contributed by atoms with van der Waals surface area (Å²) < 4.78 is 0. The molecule has 0 aliphatic rings. The van der Waals surface area contributed by atoms with E-state index in [1.165, 1.54) is 6.33 Å². The molecule has 1 aromatic heterocycles. The lowest BCUT2D eigenvalue weighted by molar-refractivity contribution is 0.164. The predicted molar refractivity (Wildman–Crippen MR) is 38.9 cm³/mol. The summed E-state index contributed by atoms with van der Waals surface area (Å²) in [5.41, 5.74) is 0. The van der Waals surface area contributed by atoms with Gasteiger partial charge in [-0.1, -0.05) is 6.92 Å². The van der Waals surface area contributed by atoms with E-state index in [1.54, 1.807) is 0 Å². The van der Waals surface area contributed by atoms with Crippen molar-refractivity contribution in [2.45, 2.75) is 19.4 Å². The maximum Gasteiger partial charge on any atom is 0.153 e. The molecule has 0 aliphatic heterocycles. The second-order valence-corrected chi connectivity index (χ2v) is 1.79. The van der Waals surface area contributed by atoms with Crippen molar-refractivity contribution in [3.05, 3.63) is 12.2 Å². The largest absolute Gasteiger partial charge is 0.385 e. The fraction of sp³-hybridized carbons (Fsp3) is 0.600. The second kappa shape index (κ2) is 4.24. The quantitative estimate of drug-likeness (QED) is 0.674. The highest BCUT2D eigenvalue weighted by Gasteiger charge is 2.05. The van der Waals surface area contributed by atoms with Crippen molar-refractivity contribution in [2.24, 2.45) is 0 Å². The molecule has 0 aromatic carbocycles. The molecule has 0 amide bonds. The average Bonchev–Trinajstić information content (AvgIpc) is 2.37.